The zero-order chi connectivity index (χ0) is 17.4. The van der Waals surface area contributed by atoms with Crippen LogP contribution in [0.2, 0.25) is 0 Å². The molecule has 2 N–H and O–H groups in total. The number of carbonyl (C=O) groups excluding carboxylic acids is 1. The van der Waals surface area contributed by atoms with Gasteiger partial charge in [-0.2, -0.15) is 0 Å². The standard InChI is InChI=1S/C21H28N2O/c1-16-6-7-19(15-17(16)2)5-4-14-23-21(24)13-10-18-8-11-20(22-3)12-9-18/h6-9,11-12,15,22H,4-5,10,13-14H2,1-3H3,(H,23,24). The topological polar surface area (TPSA) is 41.1 Å². The van der Waals surface area contributed by atoms with E-state index in [1.807, 2.05) is 19.2 Å². The molecule has 3 heteroatoms. The molecule has 0 radical (unpaired) electrons. The van der Waals surface area contributed by atoms with E-state index < -0.39 is 0 Å². The summed E-state index contributed by atoms with van der Waals surface area (Å²) in [7, 11) is 1.90. The number of anilines is 1. The molecule has 0 saturated heterocycles. The van der Waals surface area contributed by atoms with Crippen molar-refractivity contribution in [3.8, 4) is 0 Å². The number of rotatable bonds is 8. The van der Waals surface area contributed by atoms with Gasteiger partial charge < -0.3 is 10.6 Å². The molecule has 0 bridgehead atoms. The van der Waals surface area contributed by atoms with Crippen LogP contribution in [0, 0.1) is 13.8 Å². The second-order valence-electron chi connectivity index (χ2n) is 6.32. The monoisotopic (exact) mass is 324 g/mol. The Morgan fingerprint density at radius 1 is 0.917 bits per heavy atom. The van der Waals surface area contributed by atoms with E-state index in [4.69, 9.17) is 0 Å². The lowest BCUT2D eigenvalue weighted by atomic mass is 10.0. The van der Waals surface area contributed by atoms with Crippen LogP contribution in [0.1, 0.15) is 35.1 Å². The number of amides is 1. The smallest absolute Gasteiger partial charge is 0.220 e. The summed E-state index contributed by atoms with van der Waals surface area (Å²) < 4.78 is 0. The Morgan fingerprint density at radius 2 is 1.62 bits per heavy atom. The molecule has 0 aliphatic heterocycles. The summed E-state index contributed by atoms with van der Waals surface area (Å²) in [6, 6.07) is 14.8. The second-order valence-corrected chi connectivity index (χ2v) is 6.32. The maximum Gasteiger partial charge on any atom is 0.220 e. The molecule has 1 amide bonds. The first kappa shape index (κ1) is 18.1. The van der Waals surface area contributed by atoms with Gasteiger partial charge in [-0.25, -0.2) is 0 Å². The molecule has 0 aromatic heterocycles. The summed E-state index contributed by atoms with van der Waals surface area (Å²) in [5.74, 6) is 0.132. The Bertz CT molecular complexity index is 662. The first-order valence-electron chi connectivity index (χ1n) is 8.68. The quantitative estimate of drug-likeness (QED) is 0.720. The minimum Gasteiger partial charge on any atom is -0.388 e. The molecule has 0 unspecified atom stereocenters. The van der Waals surface area contributed by atoms with Gasteiger partial charge in [-0.3, -0.25) is 4.79 Å². The summed E-state index contributed by atoms with van der Waals surface area (Å²) in [6.07, 6.45) is 3.31. The molecular formula is C21H28N2O. The molecule has 2 rings (SSSR count). The third kappa shape index (κ3) is 5.73. The predicted octanol–water partition coefficient (Wildman–Crippen LogP) is 4.03. The highest BCUT2D eigenvalue weighted by Gasteiger charge is 2.03. The van der Waals surface area contributed by atoms with Crippen LogP contribution >= 0.6 is 0 Å². The van der Waals surface area contributed by atoms with Crippen LogP contribution < -0.4 is 10.6 Å². The van der Waals surface area contributed by atoms with E-state index in [0.717, 1.165) is 31.5 Å². The molecule has 0 atom stereocenters. The van der Waals surface area contributed by atoms with Crippen molar-refractivity contribution in [3.63, 3.8) is 0 Å². The Morgan fingerprint density at radius 3 is 2.29 bits per heavy atom. The highest BCUT2D eigenvalue weighted by atomic mass is 16.1. The first-order valence-corrected chi connectivity index (χ1v) is 8.68. The van der Waals surface area contributed by atoms with Gasteiger partial charge >= 0.3 is 0 Å². The summed E-state index contributed by atoms with van der Waals surface area (Å²) in [5, 5.41) is 6.11. The fourth-order valence-electron chi connectivity index (χ4n) is 2.66. The van der Waals surface area contributed by atoms with Gasteiger partial charge in [0.25, 0.3) is 0 Å². The molecule has 0 fully saturated rings. The van der Waals surface area contributed by atoms with Crippen LogP contribution in [0.5, 0.6) is 0 Å². The summed E-state index contributed by atoms with van der Waals surface area (Å²) in [6.45, 7) is 5.01. The average Bonchev–Trinajstić information content (AvgIpc) is 2.60. The van der Waals surface area contributed by atoms with Crippen LogP contribution in [0.3, 0.4) is 0 Å². The lowest BCUT2D eigenvalue weighted by Gasteiger charge is -2.07. The van der Waals surface area contributed by atoms with Gasteiger partial charge in [0.15, 0.2) is 0 Å². The van der Waals surface area contributed by atoms with Crippen LogP contribution in [-0.4, -0.2) is 19.5 Å². The number of hydrogen-bond donors (Lipinski definition) is 2. The van der Waals surface area contributed by atoms with Gasteiger partial charge in [-0.1, -0.05) is 30.3 Å². The SMILES string of the molecule is CNc1ccc(CCC(=O)NCCCc2ccc(C)c(C)c2)cc1. The first-order chi connectivity index (χ1) is 11.6. The summed E-state index contributed by atoms with van der Waals surface area (Å²) >= 11 is 0. The van der Waals surface area contributed by atoms with E-state index >= 15 is 0 Å². The average molecular weight is 324 g/mol. The van der Waals surface area contributed by atoms with E-state index in [1.54, 1.807) is 0 Å². The highest BCUT2D eigenvalue weighted by molar-refractivity contribution is 5.76. The highest BCUT2D eigenvalue weighted by Crippen LogP contribution is 2.12. The molecule has 0 aliphatic carbocycles. The van der Waals surface area contributed by atoms with Crippen molar-refractivity contribution in [3.05, 3.63) is 64.7 Å². The second kappa shape index (κ2) is 9.11. The predicted molar refractivity (Wildman–Crippen MR) is 102 cm³/mol. The van der Waals surface area contributed by atoms with Crippen molar-refractivity contribution < 1.29 is 4.79 Å². The van der Waals surface area contributed by atoms with Gasteiger partial charge in [-0.15, -0.1) is 0 Å². The van der Waals surface area contributed by atoms with Crippen LogP contribution in [-0.2, 0) is 17.6 Å². The van der Waals surface area contributed by atoms with E-state index in [1.165, 1.54) is 22.3 Å². The molecular weight excluding hydrogens is 296 g/mol. The number of hydrogen-bond acceptors (Lipinski definition) is 2. The van der Waals surface area contributed by atoms with Gasteiger partial charge in [0.1, 0.15) is 0 Å². The molecule has 2 aromatic carbocycles. The minimum atomic E-state index is 0.132. The third-order valence-corrected chi connectivity index (χ3v) is 4.42. The molecule has 0 heterocycles. The normalized spacial score (nSPS) is 10.5. The fraction of sp³-hybridized carbons (Fsp3) is 0.381. The summed E-state index contributed by atoms with van der Waals surface area (Å²) in [5.41, 5.74) is 6.29. The minimum absolute atomic E-state index is 0.132. The fourth-order valence-corrected chi connectivity index (χ4v) is 2.66. The Hall–Kier alpha value is -2.29. The van der Waals surface area contributed by atoms with Crippen molar-refractivity contribution in [2.75, 3.05) is 18.9 Å². The van der Waals surface area contributed by atoms with Crippen LogP contribution in [0.15, 0.2) is 42.5 Å². The lowest BCUT2D eigenvalue weighted by Crippen LogP contribution is -2.25. The molecule has 0 saturated carbocycles. The Labute approximate surface area is 145 Å². The van der Waals surface area contributed by atoms with E-state index in [0.29, 0.717) is 6.42 Å². The van der Waals surface area contributed by atoms with Crippen molar-refractivity contribution in [1.82, 2.24) is 5.32 Å². The third-order valence-electron chi connectivity index (χ3n) is 4.42. The van der Waals surface area contributed by atoms with Crippen molar-refractivity contribution >= 4 is 11.6 Å². The van der Waals surface area contributed by atoms with Gasteiger partial charge in [0, 0.05) is 25.7 Å². The van der Waals surface area contributed by atoms with Gasteiger partial charge in [0.05, 0.1) is 0 Å². The molecule has 2 aromatic rings. The molecule has 128 valence electrons. The largest absolute Gasteiger partial charge is 0.388 e. The van der Waals surface area contributed by atoms with E-state index in [9.17, 15) is 4.79 Å². The van der Waals surface area contributed by atoms with Crippen molar-refractivity contribution in [2.24, 2.45) is 0 Å². The number of carbonyl (C=O) groups is 1. The van der Waals surface area contributed by atoms with Crippen molar-refractivity contribution in [1.29, 1.82) is 0 Å². The van der Waals surface area contributed by atoms with Crippen molar-refractivity contribution in [2.45, 2.75) is 39.5 Å². The maximum atomic E-state index is 11.9. The van der Waals surface area contributed by atoms with Crippen LogP contribution in [0.25, 0.3) is 0 Å². The molecule has 0 spiro atoms. The van der Waals surface area contributed by atoms with Crippen LogP contribution in [0.4, 0.5) is 5.69 Å². The maximum absolute atomic E-state index is 11.9. The zero-order valence-corrected chi connectivity index (χ0v) is 15.0. The van der Waals surface area contributed by atoms with E-state index in [-0.39, 0.29) is 5.91 Å². The number of aryl methyl sites for hydroxylation is 4. The zero-order valence-electron chi connectivity index (χ0n) is 15.0. The molecule has 24 heavy (non-hydrogen) atoms. The lowest BCUT2D eigenvalue weighted by molar-refractivity contribution is -0.121. The molecule has 0 aliphatic rings. The number of benzene rings is 2. The number of nitrogens with one attached hydrogen (secondary N) is 2. The Balaban J connectivity index is 1.64. The van der Waals surface area contributed by atoms with Gasteiger partial charge in [0.2, 0.25) is 5.91 Å². The van der Waals surface area contributed by atoms with E-state index in [2.05, 4.69) is 54.8 Å². The Kier molecular flexibility index (Phi) is 6.86. The van der Waals surface area contributed by atoms with Gasteiger partial charge in [-0.05, 0) is 67.5 Å². The summed E-state index contributed by atoms with van der Waals surface area (Å²) in [4.78, 5) is 11.9. The molecule has 3 nitrogen and oxygen atoms in total.